The van der Waals surface area contributed by atoms with Crippen molar-refractivity contribution < 1.29 is 5.21 Å². The van der Waals surface area contributed by atoms with Gasteiger partial charge >= 0.3 is 0 Å². The Balaban J connectivity index is 2.59. The van der Waals surface area contributed by atoms with Gasteiger partial charge in [0.25, 0.3) is 0 Å². The van der Waals surface area contributed by atoms with E-state index in [9.17, 15) is 5.21 Å². The molecule has 1 heterocycles. The van der Waals surface area contributed by atoms with Crippen LogP contribution in [0.5, 0.6) is 0 Å². The van der Waals surface area contributed by atoms with E-state index >= 15 is 0 Å². The maximum absolute atomic E-state index is 9.18. The Morgan fingerprint density at radius 1 is 1.35 bits per heavy atom. The largest absolute Gasteiger partial charge is 0.410 e. The molecule has 5 heteroatoms. The Morgan fingerprint density at radius 2 is 2.00 bits per heavy atom. The molecular weight excluding hydrogens is 238 g/mol. The summed E-state index contributed by atoms with van der Waals surface area (Å²) >= 11 is 6.15. The van der Waals surface area contributed by atoms with Crippen molar-refractivity contribution in [3.05, 3.63) is 52.3 Å². The van der Waals surface area contributed by atoms with Crippen LogP contribution in [0.2, 0.25) is 5.15 Å². The van der Waals surface area contributed by atoms with Crippen molar-refractivity contribution in [3.63, 3.8) is 0 Å². The molecule has 1 N–H and O–H groups in total. The van der Waals surface area contributed by atoms with Crippen LogP contribution in [0.4, 0.5) is 0 Å². The van der Waals surface area contributed by atoms with Crippen LogP contribution in [0.1, 0.15) is 16.8 Å². The molecule has 0 atom stereocenters. The third-order valence-electron chi connectivity index (χ3n) is 2.54. The number of aryl methyl sites for hydroxylation is 2. The van der Waals surface area contributed by atoms with Crippen LogP contribution in [0.15, 0.2) is 35.5 Å². The van der Waals surface area contributed by atoms with E-state index in [1.807, 2.05) is 37.3 Å². The monoisotopic (exact) mass is 249 g/mol. The second-order valence-electron chi connectivity index (χ2n) is 3.69. The van der Waals surface area contributed by atoms with Gasteiger partial charge in [-0.1, -0.05) is 47.1 Å². The molecule has 0 saturated carbocycles. The van der Waals surface area contributed by atoms with E-state index < -0.39 is 0 Å². The fraction of sp³-hybridized carbons (Fsp3) is 0.167. The van der Waals surface area contributed by atoms with Crippen molar-refractivity contribution in [2.45, 2.75) is 6.92 Å². The van der Waals surface area contributed by atoms with E-state index in [1.54, 1.807) is 11.7 Å². The maximum Gasteiger partial charge on any atom is 0.136 e. The van der Waals surface area contributed by atoms with E-state index in [0.717, 1.165) is 11.3 Å². The van der Waals surface area contributed by atoms with Gasteiger partial charge in [-0.2, -0.15) is 5.10 Å². The van der Waals surface area contributed by atoms with Crippen molar-refractivity contribution in [2.75, 3.05) is 0 Å². The number of oxime groups is 1. The third-order valence-corrected chi connectivity index (χ3v) is 2.97. The first-order chi connectivity index (χ1) is 8.15. The molecule has 0 aliphatic rings. The summed E-state index contributed by atoms with van der Waals surface area (Å²) in [5.41, 5.74) is 2.62. The summed E-state index contributed by atoms with van der Waals surface area (Å²) in [7, 11) is 1.75. The molecule has 0 aliphatic carbocycles. The van der Waals surface area contributed by atoms with E-state index in [2.05, 4.69) is 10.3 Å². The molecule has 88 valence electrons. The highest BCUT2D eigenvalue weighted by Crippen LogP contribution is 2.22. The second kappa shape index (κ2) is 4.59. The average Bonchev–Trinajstić information content (AvgIpc) is 2.58. The van der Waals surface area contributed by atoms with Gasteiger partial charge in [0.05, 0.1) is 11.3 Å². The smallest absolute Gasteiger partial charge is 0.136 e. The fourth-order valence-corrected chi connectivity index (χ4v) is 2.01. The molecular formula is C12H12ClN3O. The summed E-state index contributed by atoms with van der Waals surface area (Å²) in [6.07, 6.45) is 0. The van der Waals surface area contributed by atoms with Crippen LogP contribution >= 0.6 is 11.6 Å². The van der Waals surface area contributed by atoms with E-state index in [1.165, 1.54) is 0 Å². The van der Waals surface area contributed by atoms with Gasteiger partial charge in [-0.15, -0.1) is 0 Å². The number of rotatable bonds is 2. The van der Waals surface area contributed by atoms with Crippen LogP contribution in [0.25, 0.3) is 0 Å². The molecule has 0 unspecified atom stereocenters. The zero-order valence-corrected chi connectivity index (χ0v) is 10.3. The normalized spacial score (nSPS) is 11.8. The molecule has 17 heavy (non-hydrogen) atoms. The molecule has 0 bridgehead atoms. The van der Waals surface area contributed by atoms with E-state index in [-0.39, 0.29) is 0 Å². The zero-order valence-electron chi connectivity index (χ0n) is 9.55. The van der Waals surface area contributed by atoms with Gasteiger partial charge in [0, 0.05) is 12.6 Å². The van der Waals surface area contributed by atoms with Crippen LogP contribution in [0, 0.1) is 6.92 Å². The topological polar surface area (TPSA) is 50.4 Å². The lowest BCUT2D eigenvalue weighted by Gasteiger charge is -2.04. The molecule has 2 aromatic rings. The predicted octanol–water partition coefficient (Wildman–Crippen LogP) is 2.61. The number of benzene rings is 1. The Bertz CT molecular complexity index is 561. The van der Waals surface area contributed by atoms with Crippen molar-refractivity contribution in [2.24, 2.45) is 12.2 Å². The maximum atomic E-state index is 9.18. The lowest BCUT2D eigenvalue weighted by atomic mass is 10.0. The lowest BCUT2D eigenvalue weighted by Crippen LogP contribution is -2.04. The molecule has 2 rings (SSSR count). The summed E-state index contributed by atoms with van der Waals surface area (Å²) in [5, 5.41) is 17.2. The number of halogens is 1. The van der Waals surface area contributed by atoms with Crippen molar-refractivity contribution >= 4 is 17.3 Å². The Hall–Kier alpha value is -1.81. The average molecular weight is 250 g/mol. The Kier molecular flexibility index (Phi) is 3.15. The molecule has 0 fully saturated rings. The zero-order chi connectivity index (χ0) is 12.4. The molecule has 1 aromatic heterocycles. The van der Waals surface area contributed by atoms with Crippen LogP contribution in [0.3, 0.4) is 0 Å². The first-order valence-electron chi connectivity index (χ1n) is 5.12. The van der Waals surface area contributed by atoms with E-state index in [0.29, 0.717) is 16.4 Å². The highest BCUT2D eigenvalue weighted by atomic mass is 35.5. The number of hydrogen-bond donors (Lipinski definition) is 1. The van der Waals surface area contributed by atoms with E-state index in [4.69, 9.17) is 11.6 Å². The fourth-order valence-electron chi connectivity index (χ4n) is 1.75. The number of aromatic nitrogens is 2. The van der Waals surface area contributed by atoms with Crippen molar-refractivity contribution in [1.29, 1.82) is 0 Å². The van der Waals surface area contributed by atoms with Crippen LogP contribution in [-0.2, 0) is 7.05 Å². The molecule has 1 aromatic carbocycles. The minimum Gasteiger partial charge on any atom is -0.410 e. The first kappa shape index (κ1) is 11.7. The highest BCUT2D eigenvalue weighted by molar-refractivity contribution is 6.34. The number of nitrogens with zero attached hydrogens (tertiary/aromatic N) is 3. The van der Waals surface area contributed by atoms with Crippen LogP contribution in [-0.4, -0.2) is 20.7 Å². The summed E-state index contributed by atoms with van der Waals surface area (Å²) < 4.78 is 1.56. The number of hydrogen-bond acceptors (Lipinski definition) is 3. The minimum absolute atomic E-state index is 0.432. The molecule has 0 spiro atoms. The SMILES string of the molecule is Cc1nn(C)c(Cl)c1/C(=N\O)c1ccccc1. The molecule has 0 amide bonds. The van der Waals surface area contributed by atoms with Crippen LogP contribution < -0.4 is 0 Å². The first-order valence-corrected chi connectivity index (χ1v) is 5.50. The van der Waals surface area contributed by atoms with Crippen molar-refractivity contribution in [1.82, 2.24) is 9.78 Å². The third kappa shape index (κ3) is 2.03. The molecule has 0 radical (unpaired) electrons. The Labute approximate surface area is 104 Å². The lowest BCUT2D eigenvalue weighted by molar-refractivity contribution is 0.319. The summed E-state index contributed by atoms with van der Waals surface area (Å²) in [4.78, 5) is 0. The highest BCUT2D eigenvalue weighted by Gasteiger charge is 2.18. The van der Waals surface area contributed by atoms with Gasteiger partial charge in [0.15, 0.2) is 0 Å². The van der Waals surface area contributed by atoms with Gasteiger partial charge < -0.3 is 5.21 Å². The van der Waals surface area contributed by atoms with Gasteiger partial charge in [0.1, 0.15) is 10.9 Å². The summed E-state index contributed by atoms with van der Waals surface area (Å²) in [5.74, 6) is 0. The van der Waals surface area contributed by atoms with Gasteiger partial charge in [-0.25, -0.2) is 0 Å². The molecule has 0 saturated heterocycles. The standard InChI is InChI=1S/C12H12ClN3O/c1-8-10(12(13)16(2)14-8)11(15-17)9-6-4-3-5-7-9/h3-7,17H,1-2H3/b15-11-. The summed E-state index contributed by atoms with van der Waals surface area (Å²) in [6, 6.07) is 9.37. The van der Waals surface area contributed by atoms with Gasteiger partial charge in [-0.3, -0.25) is 4.68 Å². The van der Waals surface area contributed by atoms with Gasteiger partial charge in [0.2, 0.25) is 0 Å². The van der Waals surface area contributed by atoms with Gasteiger partial charge in [-0.05, 0) is 6.92 Å². The second-order valence-corrected chi connectivity index (χ2v) is 4.05. The Morgan fingerprint density at radius 3 is 2.47 bits per heavy atom. The minimum atomic E-state index is 0.432. The quantitative estimate of drug-likeness (QED) is 0.505. The predicted molar refractivity (Wildman–Crippen MR) is 66.8 cm³/mol. The summed E-state index contributed by atoms with van der Waals surface area (Å²) in [6.45, 7) is 1.83. The molecule has 4 nitrogen and oxygen atoms in total. The van der Waals surface area contributed by atoms with Crippen molar-refractivity contribution in [3.8, 4) is 0 Å². The molecule has 0 aliphatic heterocycles.